The van der Waals surface area contributed by atoms with E-state index in [1.807, 2.05) is 0 Å². The molecular formula is C22H21F2N3O3S. The molecule has 2 heterocycles. The minimum Gasteiger partial charge on any atom is -0.376 e. The second-order valence-electron chi connectivity index (χ2n) is 7.34. The lowest BCUT2D eigenvalue weighted by Gasteiger charge is -2.18. The van der Waals surface area contributed by atoms with Gasteiger partial charge in [0, 0.05) is 12.7 Å². The Kier molecular flexibility index (Phi) is 6.33. The zero-order valence-electron chi connectivity index (χ0n) is 16.8. The third kappa shape index (κ3) is 4.77. The van der Waals surface area contributed by atoms with Crippen LogP contribution in [0.2, 0.25) is 0 Å². The maximum absolute atomic E-state index is 13.9. The van der Waals surface area contributed by atoms with Crippen molar-refractivity contribution in [3.05, 3.63) is 64.5 Å². The lowest BCUT2D eigenvalue weighted by molar-refractivity contribution is -0.115. The minimum atomic E-state index is -0.857. The Bertz CT molecular complexity index is 1180. The number of carbonyl (C=O) groups is 1. The third-order valence-corrected chi connectivity index (χ3v) is 6.17. The van der Waals surface area contributed by atoms with Crippen LogP contribution < -0.4 is 10.9 Å². The second-order valence-corrected chi connectivity index (χ2v) is 8.64. The maximum atomic E-state index is 13.9. The van der Waals surface area contributed by atoms with Crippen LogP contribution in [0.5, 0.6) is 0 Å². The normalized spacial score (nSPS) is 17.1. The van der Waals surface area contributed by atoms with Crippen molar-refractivity contribution in [1.29, 1.82) is 0 Å². The van der Waals surface area contributed by atoms with Crippen molar-refractivity contribution in [2.24, 2.45) is 0 Å². The van der Waals surface area contributed by atoms with Gasteiger partial charge in [-0.05, 0) is 44.0 Å². The third-order valence-electron chi connectivity index (χ3n) is 5.08. The summed E-state index contributed by atoms with van der Waals surface area (Å²) in [5, 5.41) is 2.66. The van der Waals surface area contributed by atoms with E-state index in [0.29, 0.717) is 35.3 Å². The summed E-state index contributed by atoms with van der Waals surface area (Å²) in [5.41, 5.74) is 0.235. The largest absolute Gasteiger partial charge is 0.376 e. The summed E-state index contributed by atoms with van der Waals surface area (Å²) in [6, 6.07) is 9.98. The van der Waals surface area contributed by atoms with Crippen LogP contribution >= 0.6 is 11.8 Å². The van der Waals surface area contributed by atoms with Crippen LogP contribution in [0.15, 0.2) is 52.4 Å². The number of anilines is 1. The number of fused-ring (bicyclic) bond motifs is 1. The first-order chi connectivity index (χ1) is 14.9. The Labute approximate surface area is 181 Å². The van der Waals surface area contributed by atoms with Gasteiger partial charge in [-0.3, -0.25) is 14.2 Å². The van der Waals surface area contributed by atoms with Gasteiger partial charge in [-0.1, -0.05) is 23.9 Å². The summed E-state index contributed by atoms with van der Waals surface area (Å²) in [6.07, 6.45) is 1.70. The molecule has 1 N–H and O–H groups in total. The van der Waals surface area contributed by atoms with E-state index in [1.165, 1.54) is 6.07 Å². The molecule has 162 valence electrons. The Morgan fingerprint density at radius 1 is 1.32 bits per heavy atom. The molecule has 31 heavy (non-hydrogen) atoms. The van der Waals surface area contributed by atoms with Crippen LogP contribution in [-0.2, 0) is 16.1 Å². The van der Waals surface area contributed by atoms with E-state index in [0.717, 1.165) is 30.7 Å². The number of aromatic nitrogens is 2. The molecule has 9 heteroatoms. The molecule has 0 spiro atoms. The smallest absolute Gasteiger partial charge is 0.262 e. The summed E-state index contributed by atoms with van der Waals surface area (Å²) in [4.78, 5) is 30.4. The Morgan fingerprint density at radius 3 is 2.87 bits per heavy atom. The lowest BCUT2D eigenvalue weighted by atomic mass is 10.2. The first-order valence-electron chi connectivity index (χ1n) is 9.96. The predicted molar refractivity (Wildman–Crippen MR) is 115 cm³/mol. The SMILES string of the molecule is CC(Sc1nc2ccccc2c(=O)n1CC1CCCO1)C(=O)Nc1ccc(F)cc1F. The van der Waals surface area contributed by atoms with Gasteiger partial charge in [-0.2, -0.15) is 0 Å². The van der Waals surface area contributed by atoms with E-state index in [1.54, 1.807) is 35.8 Å². The average Bonchev–Trinajstić information content (AvgIpc) is 3.26. The van der Waals surface area contributed by atoms with E-state index in [9.17, 15) is 18.4 Å². The van der Waals surface area contributed by atoms with E-state index in [4.69, 9.17) is 4.74 Å². The number of nitrogens with zero attached hydrogens (tertiary/aromatic N) is 2. The average molecular weight is 445 g/mol. The summed E-state index contributed by atoms with van der Waals surface area (Å²) in [7, 11) is 0. The first kappa shape index (κ1) is 21.5. The fourth-order valence-electron chi connectivity index (χ4n) is 3.43. The monoisotopic (exact) mass is 445 g/mol. The summed E-state index contributed by atoms with van der Waals surface area (Å²) in [5.74, 6) is -2.07. The molecule has 1 amide bonds. The number of benzene rings is 2. The fourth-order valence-corrected chi connectivity index (χ4v) is 4.35. The topological polar surface area (TPSA) is 73.2 Å². The van der Waals surface area contributed by atoms with Crippen LogP contribution in [-0.4, -0.2) is 33.4 Å². The van der Waals surface area contributed by atoms with Gasteiger partial charge in [0.15, 0.2) is 5.16 Å². The van der Waals surface area contributed by atoms with Gasteiger partial charge in [0.05, 0.1) is 34.5 Å². The number of halogens is 2. The van der Waals surface area contributed by atoms with Crippen molar-refractivity contribution in [2.45, 2.75) is 42.8 Å². The molecule has 6 nitrogen and oxygen atoms in total. The Morgan fingerprint density at radius 2 is 2.13 bits per heavy atom. The van der Waals surface area contributed by atoms with Crippen LogP contribution in [0.3, 0.4) is 0 Å². The van der Waals surface area contributed by atoms with Crippen molar-refractivity contribution >= 4 is 34.3 Å². The van der Waals surface area contributed by atoms with Crippen LogP contribution in [0.4, 0.5) is 14.5 Å². The Hall–Kier alpha value is -2.78. The number of ether oxygens (including phenoxy) is 1. The number of rotatable bonds is 6. The molecule has 0 radical (unpaired) electrons. The molecule has 0 aliphatic carbocycles. The molecule has 1 fully saturated rings. The highest BCUT2D eigenvalue weighted by Gasteiger charge is 2.23. The highest BCUT2D eigenvalue weighted by molar-refractivity contribution is 8.00. The first-order valence-corrected chi connectivity index (χ1v) is 10.8. The molecule has 3 aromatic rings. The van der Waals surface area contributed by atoms with Gasteiger partial charge < -0.3 is 10.1 Å². The highest BCUT2D eigenvalue weighted by Crippen LogP contribution is 2.26. The molecule has 4 rings (SSSR count). The number of carbonyl (C=O) groups excluding carboxylic acids is 1. The number of thioether (sulfide) groups is 1. The van der Waals surface area contributed by atoms with Crippen molar-refractivity contribution in [1.82, 2.24) is 9.55 Å². The maximum Gasteiger partial charge on any atom is 0.262 e. The van der Waals surface area contributed by atoms with E-state index in [-0.39, 0.29) is 17.4 Å². The van der Waals surface area contributed by atoms with E-state index in [2.05, 4.69) is 10.3 Å². The summed E-state index contributed by atoms with van der Waals surface area (Å²) >= 11 is 1.11. The quantitative estimate of drug-likeness (QED) is 0.459. The van der Waals surface area contributed by atoms with Crippen molar-refractivity contribution in [3.8, 4) is 0 Å². The fraction of sp³-hybridized carbons (Fsp3) is 0.318. The molecule has 0 saturated carbocycles. The standard InChI is InChI=1S/C22H21F2N3O3S/c1-13(20(28)25-19-9-8-14(23)11-17(19)24)31-22-26-18-7-3-2-6-16(18)21(29)27(22)12-15-5-4-10-30-15/h2-3,6-9,11,13,15H,4-5,10,12H2,1H3,(H,25,28). The van der Waals surface area contributed by atoms with Gasteiger partial charge in [0.25, 0.3) is 5.56 Å². The van der Waals surface area contributed by atoms with Crippen molar-refractivity contribution in [2.75, 3.05) is 11.9 Å². The molecule has 1 saturated heterocycles. The van der Waals surface area contributed by atoms with Gasteiger partial charge in [-0.25, -0.2) is 13.8 Å². The van der Waals surface area contributed by atoms with Crippen molar-refractivity contribution < 1.29 is 18.3 Å². The van der Waals surface area contributed by atoms with Gasteiger partial charge in [0.1, 0.15) is 11.6 Å². The zero-order chi connectivity index (χ0) is 22.0. The summed E-state index contributed by atoms with van der Waals surface area (Å²) in [6.45, 7) is 2.64. The van der Waals surface area contributed by atoms with Crippen molar-refractivity contribution in [3.63, 3.8) is 0 Å². The number of nitrogens with one attached hydrogen (secondary N) is 1. The zero-order valence-corrected chi connectivity index (χ0v) is 17.6. The molecule has 1 aromatic heterocycles. The van der Waals surface area contributed by atoms with Gasteiger partial charge in [-0.15, -0.1) is 0 Å². The lowest BCUT2D eigenvalue weighted by Crippen LogP contribution is -2.30. The number of hydrogen-bond acceptors (Lipinski definition) is 5. The van der Waals surface area contributed by atoms with Gasteiger partial charge in [0.2, 0.25) is 5.91 Å². The molecule has 2 unspecified atom stereocenters. The summed E-state index contributed by atoms with van der Waals surface area (Å²) < 4.78 is 34.2. The minimum absolute atomic E-state index is 0.0857. The van der Waals surface area contributed by atoms with Gasteiger partial charge >= 0.3 is 0 Å². The Balaban J connectivity index is 1.61. The highest BCUT2D eigenvalue weighted by atomic mass is 32.2. The van der Waals surface area contributed by atoms with E-state index < -0.39 is 22.8 Å². The van der Waals surface area contributed by atoms with Crippen LogP contribution in [0.1, 0.15) is 19.8 Å². The number of hydrogen-bond donors (Lipinski definition) is 1. The number of para-hydroxylation sites is 1. The second kappa shape index (κ2) is 9.15. The molecule has 2 aromatic carbocycles. The predicted octanol–water partition coefficient (Wildman–Crippen LogP) is 3.97. The number of amides is 1. The van der Waals surface area contributed by atoms with E-state index >= 15 is 0 Å². The molecule has 1 aliphatic heterocycles. The molecule has 0 bridgehead atoms. The molecule has 1 aliphatic rings. The van der Waals surface area contributed by atoms with Crippen LogP contribution in [0, 0.1) is 11.6 Å². The van der Waals surface area contributed by atoms with Crippen LogP contribution in [0.25, 0.3) is 10.9 Å². The molecule has 2 atom stereocenters. The molecular weight excluding hydrogens is 424 g/mol.